The second kappa shape index (κ2) is 4.67. The molecule has 1 unspecified atom stereocenters. The van der Waals surface area contributed by atoms with Crippen LogP contribution in [0.1, 0.15) is 32.4 Å². The molecule has 0 radical (unpaired) electrons. The summed E-state index contributed by atoms with van der Waals surface area (Å²) in [5.41, 5.74) is 3.26. The minimum Gasteiger partial charge on any atom is -0.303 e. The highest BCUT2D eigenvalue weighted by Crippen LogP contribution is 2.27. The molecule has 1 aromatic carbocycles. The maximum Gasteiger partial charge on any atom is 0.185 e. The monoisotopic (exact) mass is 257 g/mol. The number of hydrogen-bond acceptors (Lipinski definition) is 3. The minimum atomic E-state index is -0.177. The van der Waals surface area contributed by atoms with E-state index in [1.807, 2.05) is 30.5 Å². The predicted octanol–water partition coefficient (Wildman–Crippen LogP) is 3.13. The molecule has 92 valence electrons. The zero-order chi connectivity index (χ0) is 12.5. The lowest BCUT2D eigenvalue weighted by molar-refractivity contribution is 0.0940. The summed E-state index contributed by atoms with van der Waals surface area (Å²) in [5, 5.41) is 5.29. The van der Waals surface area contributed by atoms with E-state index >= 15 is 0 Å². The molecule has 1 aromatic heterocycles. The van der Waals surface area contributed by atoms with Gasteiger partial charge in [-0.15, -0.1) is 11.3 Å². The summed E-state index contributed by atoms with van der Waals surface area (Å²) in [6.45, 7) is 2.90. The lowest BCUT2D eigenvalue weighted by Crippen LogP contribution is -2.35. The number of rotatable bonds is 2. The topological polar surface area (TPSA) is 29.1 Å². The van der Waals surface area contributed by atoms with Gasteiger partial charge in [0.15, 0.2) is 5.78 Å². The number of benzene rings is 1. The Balaban J connectivity index is 1.96. The van der Waals surface area contributed by atoms with Gasteiger partial charge in [0.05, 0.1) is 6.04 Å². The van der Waals surface area contributed by atoms with Gasteiger partial charge < -0.3 is 5.32 Å². The molecule has 2 nitrogen and oxygen atoms in total. The first-order chi connectivity index (χ1) is 8.75. The van der Waals surface area contributed by atoms with Gasteiger partial charge in [0.1, 0.15) is 0 Å². The van der Waals surface area contributed by atoms with Crippen molar-refractivity contribution in [1.29, 1.82) is 0 Å². The van der Waals surface area contributed by atoms with Gasteiger partial charge >= 0.3 is 0 Å². The third-order valence-corrected chi connectivity index (χ3v) is 4.25. The highest BCUT2D eigenvalue weighted by atomic mass is 32.1. The first kappa shape index (κ1) is 11.6. The first-order valence-corrected chi connectivity index (χ1v) is 7.04. The molecule has 3 rings (SSSR count). The average Bonchev–Trinajstić information content (AvgIpc) is 2.84. The van der Waals surface area contributed by atoms with E-state index in [4.69, 9.17) is 0 Å². The van der Waals surface area contributed by atoms with Crippen LogP contribution in [-0.2, 0) is 6.42 Å². The van der Waals surface area contributed by atoms with Crippen LogP contribution < -0.4 is 5.32 Å². The molecule has 0 spiro atoms. The number of Topliss-reactive ketones (excluding diaryl/α,β-unsaturated/α-hetero) is 1. The van der Waals surface area contributed by atoms with E-state index in [1.54, 1.807) is 11.3 Å². The van der Waals surface area contributed by atoms with Crippen molar-refractivity contribution in [2.75, 3.05) is 6.54 Å². The molecule has 1 aliphatic rings. The minimum absolute atomic E-state index is 0.177. The number of nitrogens with one attached hydrogen (secondary N) is 1. The molecular weight excluding hydrogens is 242 g/mol. The smallest absolute Gasteiger partial charge is 0.185 e. The number of aryl methyl sites for hydroxylation is 1. The van der Waals surface area contributed by atoms with Crippen molar-refractivity contribution in [2.24, 2.45) is 0 Å². The zero-order valence-corrected chi connectivity index (χ0v) is 11.1. The SMILES string of the molecule is Cc1cc(C(=O)C2NCCc3ccccc32)cs1. The molecular formula is C15H15NOS. The Labute approximate surface area is 111 Å². The van der Waals surface area contributed by atoms with Crippen LogP contribution in [-0.4, -0.2) is 12.3 Å². The molecule has 1 aliphatic heterocycles. The van der Waals surface area contributed by atoms with E-state index in [0.29, 0.717) is 0 Å². The Bertz CT molecular complexity index is 588. The van der Waals surface area contributed by atoms with Crippen LogP contribution in [0.4, 0.5) is 0 Å². The highest BCUT2D eigenvalue weighted by molar-refractivity contribution is 7.10. The molecule has 0 amide bonds. The van der Waals surface area contributed by atoms with Crippen LogP contribution in [0.5, 0.6) is 0 Å². The summed E-state index contributed by atoms with van der Waals surface area (Å²) >= 11 is 1.63. The van der Waals surface area contributed by atoms with Gasteiger partial charge in [0.2, 0.25) is 0 Å². The van der Waals surface area contributed by atoms with Crippen molar-refractivity contribution in [3.8, 4) is 0 Å². The van der Waals surface area contributed by atoms with Crippen LogP contribution in [0.3, 0.4) is 0 Å². The largest absolute Gasteiger partial charge is 0.303 e. The molecule has 0 fully saturated rings. The standard InChI is InChI=1S/C15H15NOS/c1-10-8-12(9-18-10)15(17)14-13-5-3-2-4-11(13)6-7-16-14/h2-5,8-9,14,16H,6-7H2,1H3. The Morgan fingerprint density at radius 2 is 2.22 bits per heavy atom. The second-order valence-corrected chi connectivity index (χ2v) is 5.76. The van der Waals surface area contributed by atoms with Crippen LogP contribution in [0, 0.1) is 6.92 Å². The third-order valence-electron chi connectivity index (χ3n) is 3.39. The Morgan fingerprint density at radius 3 is 3.00 bits per heavy atom. The number of thiophene rings is 1. The second-order valence-electron chi connectivity index (χ2n) is 4.65. The van der Waals surface area contributed by atoms with Gasteiger partial charge in [-0.05, 0) is 30.5 Å². The highest BCUT2D eigenvalue weighted by Gasteiger charge is 2.26. The lowest BCUT2D eigenvalue weighted by atomic mass is 9.90. The number of ketones is 1. The van der Waals surface area contributed by atoms with E-state index in [1.165, 1.54) is 10.4 Å². The maximum atomic E-state index is 12.5. The third kappa shape index (κ3) is 2.00. The normalized spacial score (nSPS) is 18.4. The van der Waals surface area contributed by atoms with Crippen LogP contribution in [0.25, 0.3) is 0 Å². The summed E-state index contributed by atoms with van der Waals surface area (Å²) in [5.74, 6) is 0.187. The molecule has 0 aliphatic carbocycles. The summed E-state index contributed by atoms with van der Waals surface area (Å²) in [6, 6.07) is 10.0. The van der Waals surface area contributed by atoms with Crippen LogP contribution >= 0.6 is 11.3 Å². The summed E-state index contributed by atoms with van der Waals surface area (Å²) in [6.07, 6.45) is 1.00. The van der Waals surface area contributed by atoms with Crippen molar-refractivity contribution < 1.29 is 4.79 Å². The van der Waals surface area contributed by atoms with Crippen molar-refractivity contribution in [1.82, 2.24) is 5.32 Å². The van der Waals surface area contributed by atoms with Gasteiger partial charge in [0.25, 0.3) is 0 Å². The summed E-state index contributed by atoms with van der Waals surface area (Å²) in [4.78, 5) is 13.7. The molecule has 2 heterocycles. The van der Waals surface area contributed by atoms with E-state index in [2.05, 4.69) is 17.4 Å². The molecule has 0 saturated heterocycles. The molecule has 1 atom stereocenters. The van der Waals surface area contributed by atoms with Crippen molar-refractivity contribution >= 4 is 17.1 Å². The molecule has 18 heavy (non-hydrogen) atoms. The van der Waals surface area contributed by atoms with E-state index in [0.717, 1.165) is 24.1 Å². The first-order valence-electron chi connectivity index (χ1n) is 6.16. The zero-order valence-electron chi connectivity index (χ0n) is 10.3. The number of fused-ring (bicyclic) bond motifs is 1. The fourth-order valence-corrected chi connectivity index (χ4v) is 3.17. The Hall–Kier alpha value is -1.45. The van der Waals surface area contributed by atoms with Crippen molar-refractivity contribution in [2.45, 2.75) is 19.4 Å². The maximum absolute atomic E-state index is 12.5. The van der Waals surface area contributed by atoms with Crippen LogP contribution in [0.15, 0.2) is 35.7 Å². The molecule has 1 N–H and O–H groups in total. The fraction of sp³-hybridized carbons (Fsp3) is 0.267. The van der Waals surface area contributed by atoms with E-state index in [-0.39, 0.29) is 11.8 Å². The molecule has 0 bridgehead atoms. The average molecular weight is 257 g/mol. The van der Waals surface area contributed by atoms with Crippen LogP contribution in [0.2, 0.25) is 0 Å². The van der Waals surface area contributed by atoms with Gasteiger partial charge in [0, 0.05) is 22.4 Å². The van der Waals surface area contributed by atoms with Gasteiger partial charge in [-0.1, -0.05) is 24.3 Å². The quantitative estimate of drug-likeness (QED) is 0.837. The summed E-state index contributed by atoms with van der Waals surface area (Å²) < 4.78 is 0. The van der Waals surface area contributed by atoms with Gasteiger partial charge in [-0.3, -0.25) is 4.79 Å². The fourth-order valence-electron chi connectivity index (χ4n) is 2.48. The van der Waals surface area contributed by atoms with Crippen molar-refractivity contribution in [3.63, 3.8) is 0 Å². The molecule has 0 saturated carbocycles. The number of carbonyl (C=O) groups is 1. The number of carbonyl (C=O) groups excluding carboxylic acids is 1. The Morgan fingerprint density at radius 1 is 1.39 bits per heavy atom. The number of hydrogen-bond donors (Lipinski definition) is 1. The predicted molar refractivity (Wildman–Crippen MR) is 74.3 cm³/mol. The van der Waals surface area contributed by atoms with Crippen molar-refractivity contribution in [3.05, 3.63) is 57.3 Å². The van der Waals surface area contributed by atoms with Gasteiger partial charge in [-0.2, -0.15) is 0 Å². The Kier molecular flexibility index (Phi) is 3.02. The lowest BCUT2D eigenvalue weighted by Gasteiger charge is -2.25. The summed E-state index contributed by atoms with van der Waals surface area (Å²) in [7, 11) is 0. The van der Waals surface area contributed by atoms with E-state index < -0.39 is 0 Å². The molecule has 3 heteroatoms. The molecule has 2 aromatic rings. The van der Waals surface area contributed by atoms with E-state index in [9.17, 15) is 4.79 Å². The van der Waals surface area contributed by atoms with Gasteiger partial charge in [-0.25, -0.2) is 0 Å².